The Bertz CT molecular complexity index is 1050. The largest absolute Gasteiger partial charge is 0.516 e. The van der Waals surface area contributed by atoms with Crippen LogP contribution < -0.4 is 4.31 Å². The standard InChI is InChI=1S/C19H20F3NO8S/c1-4-29-16(24)13-11-9-7-8-10-12(11)23(32(27,28)19(20,21)22)15(18(26)31-6-3)14(13)17(25)30-5-2/h7-10,15H,4-6H2,1-3H3. The molecule has 0 fully saturated rings. The Hall–Kier alpha value is -3.09. The summed E-state index contributed by atoms with van der Waals surface area (Å²) in [7, 11) is -6.23. The molecule has 32 heavy (non-hydrogen) atoms. The van der Waals surface area contributed by atoms with Crippen molar-refractivity contribution >= 4 is 39.2 Å². The van der Waals surface area contributed by atoms with Crippen LogP contribution in [0.5, 0.6) is 0 Å². The van der Waals surface area contributed by atoms with Crippen LogP contribution in [0.3, 0.4) is 0 Å². The smallest absolute Gasteiger partial charge is 0.464 e. The van der Waals surface area contributed by atoms with Gasteiger partial charge in [0.15, 0.2) is 6.04 Å². The lowest BCUT2D eigenvalue weighted by Crippen LogP contribution is -2.55. The van der Waals surface area contributed by atoms with E-state index in [1.807, 2.05) is 0 Å². The van der Waals surface area contributed by atoms with Gasteiger partial charge in [0.05, 0.1) is 36.7 Å². The number of sulfonamides is 1. The van der Waals surface area contributed by atoms with Gasteiger partial charge in [-0.3, -0.25) is 0 Å². The molecule has 2 rings (SSSR count). The summed E-state index contributed by atoms with van der Waals surface area (Å²) in [5.74, 6) is -4.02. The number of para-hydroxylation sites is 1. The molecule has 0 saturated carbocycles. The van der Waals surface area contributed by atoms with Crippen molar-refractivity contribution in [1.29, 1.82) is 0 Å². The lowest BCUT2D eigenvalue weighted by atomic mass is 9.89. The zero-order valence-electron chi connectivity index (χ0n) is 17.3. The first-order chi connectivity index (χ1) is 14.9. The molecule has 1 aromatic rings. The summed E-state index contributed by atoms with van der Waals surface area (Å²) in [6.45, 7) is 3.36. The van der Waals surface area contributed by atoms with Gasteiger partial charge >= 0.3 is 33.4 Å². The van der Waals surface area contributed by atoms with Crippen molar-refractivity contribution in [2.45, 2.75) is 32.3 Å². The molecule has 0 aliphatic carbocycles. The van der Waals surface area contributed by atoms with Gasteiger partial charge in [-0.2, -0.15) is 21.6 Å². The van der Waals surface area contributed by atoms with Gasteiger partial charge in [-0.25, -0.2) is 18.7 Å². The van der Waals surface area contributed by atoms with Gasteiger partial charge in [-0.1, -0.05) is 18.2 Å². The Balaban J connectivity index is 3.03. The zero-order valence-corrected chi connectivity index (χ0v) is 18.1. The monoisotopic (exact) mass is 479 g/mol. The predicted octanol–water partition coefficient (Wildman–Crippen LogP) is 2.17. The number of alkyl halides is 3. The Kier molecular flexibility index (Phi) is 7.54. The van der Waals surface area contributed by atoms with Gasteiger partial charge in [0.2, 0.25) is 0 Å². The second-order valence-corrected chi connectivity index (χ2v) is 7.95. The first-order valence-corrected chi connectivity index (χ1v) is 10.8. The number of carbonyl (C=O) groups excluding carboxylic acids is 3. The number of benzene rings is 1. The number of fused-ring (bicyclic) bond motifs is 1. The number of rotatable bonds is 7. The number of hydrogen-bond acceptors (Lipinski definition) is 8. The van der Waals surface area contributed by atoms with Gasteiger partial charge in [0.1, 0.15) is 0 Å². The Labute approximate surface area is 181 Å². The number of hydrogen-bond donors (Lipinski definition) is 0. The minimum Gasteiger partial charge on any atom is -0.464 e. The van der Waals surface area contributed by atoms with E-state index in [9.17, 15) is 36.0 Å². The maximum atomic E-state index is 13.6. The number of halogens is 3. The maximum Gasteiger partial charge on any atom is 0.516 e. The highest BCUT2D eigenvalue weighted by Crippen LogP contribution is 2.44. The third-order valence-corrected chi connectivity index (χ3v) is 5.73. The molecule has 1 aliphatic heterocycles. The van der Waals surface area contributed by atoms with Crippen LogP contribution in [-0.4, -0.2) is 57.7 Å². The molecule has 0 amide bonds. The van der Waals surface area contributed by atoms with Gasteiger partial charge in [-0.15, -0.1) is 0 Å². The molecule has 0 radical (unpaired) electrons. The van der Waals surface area contributed by atoms with Crippen LogP contribution in [0.25, 0.3) is 5.57 Å². The second kappa shape index (κ2) is 9.59. The first-order valence-electron chi connectivity index (χ1n) is 9.39. The van der Waals surface area contributed by atoms with E-state index >= 15 is 0 Å². The van der Waals surface area contributed by atoms with E-state index in [-0.39, 0.29) is 29.7 Å². The lowest BCUT2D eigenvalue weighted by molar-refractivity contribution is -0.147. The van der Waals surface area contributed by atoms with Crippen molar-refractivity contribution in [2.24, 2.45) is 0 Å². The molecule has 1 heterocycles. The van der Waals surface area contributed by atoms with E-state index in [1.165, 1.54) is 32.9 Å². The van der Waals surface area contributed by atoms with E-state index in [0.29, 0.717) is 0 Å². The molecular formula is C19H20F3NO8S. The van der Waals surface area contributed by atoms with Crippen molar-refractivity contribution in [1.82, 2.24) is 0 Å². The molecule has 176 valence electrons. The Morgan fingerprint density at radius 1 is 0.938 bits per heavy atom. The molecule has 1 aliphatic rings. The van der Waals surface area contributed by atoms with Crippen LogP contribution in [0.1, 0.15) is 26.3 Å². The van der Waals surface area contributed by atoms with Gasteiger partial charge in [-0.05, 0) is 26.8 Å². The maximum absolute atomic E-state index is 13.6. The Morgan fingerprint density at radius 2 is 1.47 bits per heavy atom. The number of anilines is 1. The molecule has 1 unspecified atom stereocenters. The fourth-order valence-electron chi connectivity index (χ4n) is 3.08. The fraction of sp³-hybridized carbons (Fsp3) is 0.421. The SMILES string of the molecule is CCOC(=O)C1=C(C(=O)OCC)C(C(=O)OCC)N(S(=O)(=O)C(F)(F)F)c2ccccc21. The van der Waals surface area contributed by atoms with Crippen molar-refractivity contribution in [2.75, 3.05) is 24.1 Å². The van der Waals surface area contributed by atoms with Crippen molar-refractivity contribution in [3.63, 3.8) is 0 Å². The highest BCUT2D eigenvalue weighted by Gasteiger charge is 2.58. The third-order valence-electron chi connectivity index (χ3n) is 4.22. The number of carbonyl (C=O) groups is 3. The lowest BCUT2D eigenvalue weighted by Gasteiger charge is -2.37. The highest BCUT2D eigenvalue weighted by molar-refractivity contribution is 7.93. The van der Waals surface area contributed by atoms with Crippen molar-refractivity contribution < 1.29 is 50.2 Å². The summed E-state index contributed by atoms with van der Waals surface area (Å²) >= 11 is 0. The average Bonchev–Trinajstić information content (AvgIpc) is 2.71. The predicted molar refractivity (Wildman–Crippen MR) is 105 cm³/mol. The van der Waals surface area contributed by atoms with E-state index in [4.69, 9.17) is 14.2 Å². The van der Waals surface area contributed by atoms with Crippen LogP contribution in [0.15, 0.2) is 29.8 Å². The summed E-state index contributed by atoms with van der Waals surface area (Å²) in [5.41, 5.74) is -8.38. The van der Waals surface area contributed by atoms with E-state index in [0.717, 1.165) is 12.1 Å². The molecule has 0 bridgehead atoms. The normalized spacial score (nSPS) is 16.3. The van der Waals surface area contributed by atoms with E-state index in [2.05, 4.69) is 0 Å². The number of ether oxygens (including phenoxy) is 3. The van der Waals surface area contributed by atoms with Gasteiger partial charge in [0, 0.05) is 5.56 Å². The molecule has 0 spiro atoms. The topological polar surface area (TPSA) is 116 Å². The van der Waals surface area contributed by atoms with E-state index in [1.54, 1.807) is 0 Å². The number of nitrogens with zero attached hydrogens (tertiary/aromatic N) is 1. The Morgan fingerprint density at radius 3 is 2.00 bits per heavy atom. The minimum absolute atomic E-state index is 0.171. The fourth-order valence-corrected chi connectivity index (χ4v) is 4.19. The summed E-state index contributed by atoms with van der Waals surface area (Å²) in [5, 5.41) is 0. The second-order valence-electron chi connectivity index (χ2n) is 6.15. The zero-order chi connectivity index (χ0) is 24.3. The molecule has 0 saturated heterocycles. The molecule has 0 N–H and O–H groups in total. The molecule has 13 heteroatoms. The van der Waals surface area contributed by atoms with Gasteiger partial charge < -0.3 is 14.2 Å². The van der Waals surface area contributed by atoms with Crippen LogP contribution in [-0.2, 0) is 38.6 Å². The van der Waals surface area contributed by atoms with Crippen molar-refractivity contribution in [3.05, 3.63) is 35.4 Å². The molecule has 9 nitrogen and oxygen atoms in total. The quantitative estimate of drug-likeness (QED) is 0.432. The van der Waals surface area contributed by atoms with Crippen LogP contribution in [0.2, 0.25) is 0 Å². The van der Waals surface area contributed by atoms with Crippen LogP contribution >= 0.6 is 0 Å². The third kappa shape index (κ3) is 4.42. The van der Waals surface area contributed by atoms with Crippen molar-refractivity contribution in [3.8, 4) is 0 Å². The first kappa shape index (κ1) is 25.2. The van der Waals surface area contributed by atoms with E-state index < -0.39 is 56.3 Å². The molecule has 1 atom stereocenters. The molecular weight excluding hydrogens is 459 g/mol. The summed E-state index contributed by atoms with van der Waals surface area (Å²) in [6.07, 6.45) is 0. The minimum atomic E-state index is -6.23. The van der Waals surface area contributed by atoms with Crippen LogP contribution in [0, 0.1) is 0 Å². The van der Waals surface area contributed by atoms with Gasteiger partial charge in [0.25, 0.3) is 0 Å². The average molecular weight is 479 g/mol. The molecule has 1 aromatic carbocycles. The summed E-state index contributed by atoms with van der Waals surface area (Å²) in [4.78, 5) is 38.2. The number of esters is 3. The van der Waals surface area contributed by atoms with Crippen LogP contribution in [0.4, 0.5) is 18.9 Å². The highest BCUT2D eigenvalue weighted by atomic mass is 32.2. The summed E-state index contributed by atoms with van der Waals surface area (Å²) in [6, 6.07) is 2.13. The summed E-state index contributed by atoms with van der Waals surface area (Å²) < 4.78 is 80.1. The molecule has 0 aromatic heterocycles.